The van der Waals surface area contributed by atoms with Crippen LogP contribution in [-0.2, 0) is 6.42 Å². The van der Waals surface area contributed by atoms with Gasteiger partial charge in [-0.3, -0.25) is 0 Å². The molecule has 1 aromatic carbocycles. The number of benzene rings is 1. The Hall–Kier alpha value is -1.06. The molecule has 2 N–H and O–H groups in total. The van der Waals surface area contributed by atoms with Crippen LogP contribution in [0.4, 0.5) is 0 Å². The second kappa shape index (κ2) is 7.81. The van der Waals surface area contributed by atoms with Crippen LogP contribution in [-0.4, -0.2) is 30.4 Å². The Morgan fingerprint density at radius 2 is 1.86 bits per heavy atom. The van der Waals surface area contributed by atoms with Crippen LogP contribution in [0.2, 0.25) is 0 Å². The van der Waals surface area contributed by atoms with Crippen LogP contribution in [0.25, 0.3) is 0 Å². The number of ether oxygens (including phenoxy) is 1. The summed E-state index contributed by atoms with van der Waals surface area (Å²) < 4.78 is 5.40. The van der Waals surface area contributed by atoms with E-state index >= 15 is 0 Å². The summed E-state index contributed by atoms with van der Waals surface area (Å²) in [5, 5.41) is 14.2. The van der Waals surface area contributed by atoms with E-state index in [-0.39, 0.29) is 0 Å². The molecule has 1 aliphatic carbocycles. The van der Waals surface area contributed by atoms with Crippen LogP contribution in [0.5, 0.6) is 5.75 Å². The van der Waals surface area contributed by atoms with Crippen LogP contribution in [0.1, 0.15) is 51.0 Å². The van der Waals surface area contributed by atoms with Crippen molar-refractivity contribution in [3.63, 3.8) is 0 Å². The van der Waals surface area contributed by atoms with Gasteiger partial charge in [-0.25, -0.2) is 0 Å². The largest absolute Gasteiger partial charge is 0.496 e. The van der Waals surface area contributed by atoms with Crippen molar-refractivity contribution in [1.82, 2.24) is 5.32 Å². The second-order valence-corrected chi connectivity index (χ2v) is 6.44. The molecule has 0 spiro atoms. The number of para-hydroxylation sites is 1. The highest BCUT2D eigenvalue weighted by atomic mass is 16.5. The van der Waals surface area contributed by atoms with Gasteiger partial charge in [0.15, 0.2) is 0 Å². The van der Waals surface area contributed by atoms with Gasteiger partial charge in [-0.15, -0.1) is 0 Å². The Balaban J connectivity index is 1.85. The number of hydrogen-bond acceptors (Lipinski definition) is 3. The molecule has 0 aliphatic heterocycles. The summed E-state index contributed by atoms with van der Waals surface area (Å²) >= 11 is 0. The van der Waals surface area contributed by atoms with E-state index in [1.54, 1.807) is 7.11 Å². The lowest BCUT2D eigenvalue weighted by molar-refractivity contribution is 0.0232. The molecule has 118 valence electrons. The first-order valence-electron chi connectivity index (χ1n) is 8.21. The summed E-state index contributed by atoms with van der Waals surface area (Å²) in [6.07, 6.45) is 7.61. The van der Waals surface area contributed by atoms with Crippen LogP contribution in [0.3, 0.4) is 0 Å². The highest BCUT2D eigenvalue weighted by Crippen LogP contribution is 2.26. The lowest BCUT2D eigenvalue weighted by Crippen LogP contribution is -2.44. The molecule has 1 unspecified atom stereocenters. The fourth-order valence-electron chi connectivity index (χ4n) is 3.20. The highest BCUT2D eigenvalue weighted by Gasteiger charge is 2.28. The van der Waals surface area contributed by atoms with E-state index in [0.29, 0.717) is 12.6 Å². The normalized spacial score (nSPS) is 19.8. The number of hydrogen-bond donors (Lipinski definition) is 2. The van der Waals surface area contributed by atoms with E-state index in [2.05, 4.69) is 18.3 Å². The van der Waals surface area contributed by atoms with Crippen molar-refractivity contribution in [2.45, 2.75) is 63.5 Å². The highest BCUT2D eigenvalue weighted by molar-refractivity contribution is 5.33. The molecule has 0 radical (unpaired) electrons. The molecule has 0 amide bonds. The first-order valence-corrected chi connectivity index (χ1v) is 8.21. The zero-order valence-corrected chi connectivity index (χ0v) is 13.4. The van der Waals surface area contributed by atoms with Crippen molar-refractivity contribution < 1.29 is 9.84 Å². The summed E-state index contributed by atoms with van der Waals surface area (Å²) in [5.74, 6) is 0.944. The van der Waals surface area contributed by atoms with Gasteiger partial charge in [0.25, 0.3) is 0 Å². The predicted octanol–water partition coefficient (Wildman–Crippen LogP) is 3.30. The molecule has 1 aliphatic rings. The molecule has 3 nitrogen and oxygen atoms in total. The van der Waals surface area contributed by atoms with Gasteiger partial charge in [0.05, 0.1) is 12.7 Å². The number of methoxy groups -OCH3 is 1. The van der Waals surface area contributed by atoms with Crippen molar-refractivity contribution in [3.8, 4) is 5.75 Å². The van der Waals surface area contributed by atoms with Crippen LogP contribution >= 0.6 is 0 Å². The molecule has 1 fully saturated rings. The first-order chi connectivity index (χ1) is 10.1. The maximum Gasteiger partial charge on any atom is 0.122 e. The number of rotatable bonds is 6. The van der Waals surface area contributed by atoms with Crippen molar-refractivity contribution in [3.05, 3.63) is 29.8 Å². The maximum absolute atomic E-state index is 10.7. The molecule has 21 heavy (non-hydrogen) atoms. The standard InChI is InChI=1S/C18H29NO2/c1-15(13-16-9-5-6-10-17(16)21-2)19-14-18(20)11-7-3-4-8-12-18/h5-6,9-10,15,19-20H,3-4,7-8,11-14H2,1-2H3. The Kier molecular flexibility index (Phi) is 6.07. The summed E-state index contributed by atoms with van der Waals surface area (Å²) in [7, 11) is 1.71. The van der Waals surface area contributed by atoms with E-state index in [9.17, 15) is 5.11 Å². The van der Waals surface area contributed by atoms with E-state index in [1.165, 1.54) is 18.4 Å². The zero-order chi connectivity index (χ0) is 15.1. The zero-order valence-electron chi connectivity index (χ0n) is 13.4. The van der Waals surface area contributed by atoms with Gasteiger partial charge in [0.2, 0.25) is 0 Å². The van der Waals surface area contributed by atoms with Crippen LogP contribution < -0.4 is 10.1 Å². The van der Waals surface area contributed by atoms with Crippen molar-refractivity contribution in [2.75, 3.05) is 13.7 Å². The molecule has 1 aromatic rings. The molecule has 3 heteroatoms. The summed E-state index contributed by atoms with van der Waals surface area (Å²) in [6.45, 7) is 2.87. The maximum atomic E-state index is 10.7. The Bertz CT molecular complexity index is 425. The summed E-state index contributed by atoms with van der Waals surface area (Å²) in [5.41, 5.74) is 0.707. The smallest absolute Gasteiger partial charge is 0.122 e. The fraction of sp³-hybridized carbons (Fsp3) is 0.667. The topological polar surface area (TPSA) is 41.5 Å². The Morgan fingerprint density at radius 3 is 2.52 bits per heavy atom. The predicted molar refractivity (Wildman–Crippen MR) is 86.8 cm³/mol. The van der Waals surface area contributed by atoms with Crippen molar-refractivity contribution >= 4 is 0 Å². The molecule has 1 atom stereocenters. The van der Waals surface area contributed by atoms with Gasteiger partial charge in [-0.1, -0.05) is 43.9 Å². The SMILES string of the molecule is COc1ccccc1CC(C)NCC1(O)CCCCCC1. The van der Waals surface area contributed by atoms with Crippen LogP contribution in [0, 0.1) is 0 Å². The Morgan fingerprint density at radius 1 is 1.19 bits per heavy atom. The third-order valence-electron chi connectivity index (χ3n) is 4.53. The van der Waals surface area contributed by atoms with Gasteiger partial charge in [-0.05, 0) is 37.8 Å². The average molecular weight is 291 g/mol. The van der Waals surface area contributed by atoms with Crippen LogP contribution in [0.15, 0.2) is 24.3 Å². The van der Waals surface area contributed by atoms with E-state index in [4.69, 9.17) is 4.74 Å². The van der Waals surface area contributed by atoms with Gasteiger partial charge >= 0.3 is 0 Å². The molecule has 1 saturated carbocycles. The van der Waals surface area contributed by atoms with Gasteiger partial charge in [-0.2, -0.15) is 0 Å². The molecule has 0 heterocycles. The minimum atomic E-state index is -0.508. The minimum absolute atomic E-state index is 0.327. The van der Waals surface area contributed by atoms with Gasteiger partial charge in [0, 0.05) is 12.6 Å². The lowest BCUT2D eigenvalue weighted by atomic mass is 9.94. The Labute approximate surface area is 128 Å². The third-order valence-corrected chi connectivity index (χ3v) is 4.53. The molecular weight excluding hydrogens is 262 g/mol. The monoisotopic (exact) mass is 291 g/mol. The van der Waals surface area contributed by atoms with Gasteiger partial charge in [0.1, 0.15) is 5.75 Å². The minimum Gasteiger partial charge on any atom is -0.496 e. The van der Waals surface area contributed by atoms with E-state index < -0.39 is 5.60 Å². The first kappa shape index (κ1) is 16.3. The molecular formula is C18H29NO2. The van der Waals surface area contributed by atoms with E-state index in [0.717, 1.165) is 37.9 Å². The molecule has 2 rings (SSSR count). The fourth-order valence-corrected chi connectivity index (χ4v) is 3.20. The average Bonchev–Trinajstić information content (AvgIpc) is 2.71. The molecule has 0 saturated heterocycles. The van der Waals surface area contributed by atoms with Crippen molar-refractivity contribution in [2.24, 2.45) is 0 Å². The number of nitrogens with one attached hydrogen (secondary N) is 1. The molecule has 0 aromatic heterocycles. The summed E-state index contributed by atoms with van der Waals surface area (Å²) in [6, 6.07) is 8.48. The third kappa shape index (κ3) is 5.01. The quantitative estimate of drug-likeness (QED) is 0.790. The second-order valence-electron chi connectivity index (χ2n) is 6.44. The lowest BCUT2D eigenvalue weighted by Gasteiger charge is -2.29. The number of aliphatic hydroxyl groups is 1. The van der Waals surface area contributed by atoms with Crippen molar-refractivity contribution in [1.29, 1.82) is 0 Å². The molecule has 0 bridgehead atoms. The van der Waals surface area contributed by atoms with E-state index in [1.807, 2.05) is 18.2 Å². The summed E-state index contributed by atoms with van der Waals surface area (Å²) in [4.78, 5) is 0. The van der Waals surface area contributed by atoms with Gasteiger partial charge < -0.3 is 15.2 Å².